The first kappa shape index (κ1) is 43.8. The molecule has 0 unspecified atom stereocenters. The Labute approximate surface area is 307 Å². The molecule has 0 spiro atoms. The van der Waals surface area contributed by atoms with Crippen molar-refractivity contribution in [3.63, 3.8) is 0 Å². The van der Waals surface area contributed by atoms with E-state index in [-0.39, 0.29) is 55.3 Å². The standard InChI is InChI=1S/C34H55N7O8S2/c1-20(2)15-22(34(48)49)17-29(43)27(16-21-9-11-23(42)12-10-21)40-33(47)28-19-51-50-18-24(37)30(44)38-25(7-3-5-13-35)31(45)39-26(32(46)41-28)8-4-6-14-36/h9-12,20,22,24-28,42H,3-8,13-19,35-37H2,1-2H3,(H,38,44)(H,39,45)(H,40,47)(H,41,46)(H,48,49)/t22-,24+,25+,26+,27+,28+/m1/s1. The van der Waals surface area contributed by atoms with Crippen LogP contribution in [0.25, 0.3) is 0 Å². The number of amides is 4. The monoisotopic (exact) mass is 753 g/mol. The lowest BCUT2D eigenvalue weighted by Gasteiger charge is -2.28. The summed E-state index contributed by atoms with van der Waals surface area (Å²) in [6.45, 7) is 4.49. The van der Waals surface area contributed by atoms with E-state index in [4.69, 9.17) is 17.2 Å². The fourth-order valence-corrected chi connectivity index (χ4v) is 7.74. The molecule has 1 aliphatic rings. The summed E-state index contributed by atoms with van der Waals surface area (Å²) in [7, 11) is 2.41. The topological polar surface area (TPSA) is 269 Å². The Kier molecular flexibility index (Phi) is 19.9. The Bertz CT molecular complexity index is 1300. The van der Waals surface area contributed by atoms with E-state index in [1.54, 1.807) is 12.1 Å². The predicted molar refractivity (Wildman–Crippen MR) is 198 cm³/mol. The van der Waals surface area contributed by atoms with Gasteiger partial charge in [-0.25, -0.2) is 0 Å². The van der Waals surface area contributed by atoms with Crippen molar-refractivity contribution in [2.24, 2.45) is 29.0 Å². The van der Waals surface area contributed by atoms with Gasteiger partial charge in [0.2, 0.25) is 23.6 Å². The summed E-state index contributed by atoms with van der Waals surface area (Å²) in [4.78, 5) is 79.7. The van der Waals surface area contributed by atoms with Gasteiger partial charge in [0, 0.05) is 17.9 Å². The van der Waals surface area contributed by atoms with Crippen LogP contribution in [-0.2, 0) is 35.2 Å². The lowest BCUT2D eigenvalue weighted by atomic mass is 9.89. The first-order chi connectivity index (χ1) is 24.2. The number of aromatic hydroxyl groups is 1. The van der Waals surface area contributed by atoms with Crippen molar-refractivity contribution in [1.29, 1.82) is 0 Å². The van der Waals surface area contributed by atoms with E-state index in [0.717, 1.165) is 0 Å². The molecule has 286 valence electrons. The van der Waals surface area contributed by atoms with Crippen LogP contribution in [0.2, 0.25) is 0 Å². The molecule has 15 nitrogen and oxygen atoms in total. The van der Waals surface area contributed by atoms with E-state index in [1.165, 1.54) is 33.7 Å². The number of aliphatic carboxylic acids is 1. The van der Waals surface area contributed by atoms with Crippen LogP contribution in [0.5, 0.6) is 5.75 Å². The molecule has 1 fully saturated rings. The number of carboxylic acids is 1. The second-order valence-corrected chi connectivity index (χ2v) is 15.7. The zero-order valence-corrected chi connectivity index (χ0v) is 31.1. The number of carboxylic acid groups (broad SMARTS) is 1. The minimum Gasteiger partial charge on any atom is -0.508 e. The first-order valence-corrected chi connectivity index (χ1v) is 19.9. The van der Waals surface area contributed by atoms with Crippen LogP contribution in [0.15, 0.2) is 24.3 Å². The Morgan fingerprint density at radius 2 is 1.41 bits per heavy atom. The van der Waals surface area contributed by atoms with Crippen molar-refractivity contribution in [2.75, 3.05) is 24.6 Å². The van der Waals surface area contributed by atoms with Gasteiger partial charge < -0.3 is 48.7 Å². The molecule has 0 saturated carbocycles. The zero-order chi connectivity index (χ0) is 37.9. The van der Waals surface area contributed by atoms with Crippen molar-refractivity contribution in [3.8, 4) is 5.75 Å². The number of carbonyl (C=O) groups excluding carboxylic acids is 5. The third-order valence-corrected chi connectivity index (χ3v) is 10.8. The van der Waals surface area contributed by atoms with E-state index >= 15 is 0 Å². The highest BCUT2D eigenvalue weighted by Crippen LogP contribution is 2.24. The summed E-state index contributed by atoms with van der Waals surface area (Å²) in [6.07, 6.45) is 2.69. The van der Waals surface area contributed by atoms with Crippen molar-refractivity contribution in [2.45, 2.75) is 102 Å². The molecule has 1 heterocycles. The lowest BCUT2D eigenvalue weighted by Crippen LogP contribution is -2.59. The number of Topliss-reactive ketones (excluding diaryl/α,β-unsaturated/α-hetero) is 1. The number of phenolic OH excluding ortho intramolecular Hbond substituents is 1. The highest BCUT2D eigenvalue weighted by Gasteiger charge is 2.34. The van der Waals surface area contributed by atoms with Gasteiger partial charge in [-0.3, -0.25) is 28.8 Å². The molecule has 51 heavy (non-hydrogen) atoms. The van der Waals surface area contributed by atoms with Gasteiger partial charge in [0.1, 0.15) is 23.9 Å². The summed E-state index contributed by atoms with van der Waals surface area (Å²) in [5, 5.41) is 30.5. The van der Waals surface area contributed by atoms with Crippen LogP contribution >= 0.6 is 21.6 Å². The number of hydrogen-bond donors (Lipinski definition) is 9. The Morgan fingerprint density at radius 3 is 1.96 bits per heavy atom. The van der Waals surface area contributed by atoms with E-state index in [0.29, 0.717) is 44.3 Å². The molecule has 1 aromatic rings. The molecule has 1 aliphatic heterocycles. The van der Waals surface area contributed by atoms with Crippen LogP contribution in [-0.4, -0.2) is 100 Å². The number of ketones is 1. The number of phenols is 1. The fraction of sp³-hybridized carbons (Fsp3) is 0.647. The van der Waals surface area contributed by atoms with Crippen molar-refractivity contribution >= 4 is 57.0 Å². The summed E-state index contributed by atoms with van der Waals surface area (Å²) in [5.74, 6) is -4.81. The van der Waals surface area contributed by atoms with Gasteiger partial charge in [-0.1, -0.05) is 47.6 Å². The highest BCUT2D eigenvalue weighted by molar-refractivity contribution is 8.76. The normalized spacial score (nSPS) is 21.8. The maximum absolute atomic E-state index is 13.9. The van der Waals surface area contributed by atoms with Crippen molar-refractivity contribution in [1.82, 2.24) is 21.3 Å². The molecule has 12 N–H and O–H groups in total. The fourth-order valence-electron chi connectivity index (χ4n) is 5.45. The average molecular weight is 754 g/mol. The van der Waals surface area contributed by atoms with Gasteiger partial charge >= 0.3 is 5.97 Å². The summed E-state index contributed by atoms with van der Waals surface area (Å²) >= 11 is 0. The van der Waals surface area contributed by atoms with Crippen LogP contribution in [0.1, 0.15) is 70.8 Å². The molecule has 6 atom stereocenters. The number of nitrogens with two attached hydrogens (primary N) is 3. The van der Waals surface area contributed by atoms with Crippen LogP contribution in [0.4, 0.5) is 0 Å². The Morgan fingerprint density at radius 1 is 0.863 bits per heavy atom. The summed E-state index contributed by atoms with van der Waals surface area (Å²) < 4.78 is 0. The maximum Gasteiger partial charge on any atom is 0.306 e. The lowest BCUT2D eigenvalue weighted by molar-refractivity contribution is -0.144. The Balaban J connectivity index is 2.40. The van der Waals surface area contributed by atoms with Crippen molar-refractivity contribution in [3.05, 3.63) is 29.8 Å². The molecule has 0 aliphatic carbocycles. The first-order valence-electron chi connectivity index (χ1n) is 17.4. The number of nitrogens with one attached hydrogen (secondary N) is 4. The predicted octanol–water partition coefficient (Wildman–Crippen LogP) is 0.560. The molecule has 0 aromatic heterocycles. The quantitative estimate of drug-likeness (QED) is 0.0734. The van der Waals surface area contributed by atoms with Gasteiger partial charge in [-0.05, 0) is 88.1 Å². The van der Waals surface area contributed by atoms with Gasteiger partial charge in [-0.2, -0.15) is 0 Å². The van der Waals surface area contributed by atoms with Gasteiger partial charge in [0.25, 0.3) is 0 Å². The third-order valence-electron chi connectivity index (χ3n) is 8.33. The summed E-state index contributed by atoms with van der Waals surface area (Å²) in [6, 6.07) is 0.753. The van der Waals surface area contributed by atoms with E-state index in [9.17, 15) is 39.0 Å². The third kappa shape index (κ3) is 16.2. The molecule has 4 amide bonds. The second-order valence-electron chi connectivity index (χ2n) is 13.2. The largest absolute Gasteiger partial charge is 0.508 e. The maximum atomic E-state index is 13.9. The summed E-state index contributed by atoms with van der Waals surface area (Å²) in [5.41, 5.74) is 18.0. The molecule has 17 heteroatoms. The van der Waals surface area contributed by atoms with Crippen molar-refractivity contribution < 1.29 is 39.0 Å². The highest BCUT2D eigenvalue weighted by atomic mass is 33.1. The minimum atomic E-state index is -1.18. The van der Waals surface area contributed by atoms with Gasteiger partial charge in [0.05, 0.1) is 18.0 Å². The average Bonchev–Trinajstić information content (AvgIpc) is 3.08. The zero-order valence-electron chi connectivity index (χ0n) is 29.4. The number of hydrogen-bond acceptors (Lipinski definition) is 12. The van der Waals surface area contributed by atoms with Gasteiger partial charge in [-0.15, -0.1) is 0 Å². The molecule has 0 radical (unpaired) electrons. The molecular formula is C34H55N7O8S2. The second kappa shape index (κ2) is 23.2. The number of carbonyl (C=O) groups is 6. The smallest absolute Gasteiger partial charge is 0.306 e. The van der Waals surface area contributed by atoms with Crippen LogP contribution in [0.3, 0.4) is 0 Å². The van der Waals surface area contributed by atoms with E-state index in [2.05, 4.69) is 21.3 Å². The number of unbranched alkanes of at least 4 members (excludes halogenated alkanes) is 2. The van der Waals surface area contributed by atoms with E-state index < -0.39 is 71.5 Å². The van der Waals surface area contributed by atoms with Crippen LogP contribution < -0.4 is 38.5 Å². The van der Waals surface area contributed by atoms with Crippen LogP contribution in [0, 0.1) is 11.8 Å². The number of rotatable bonds is 18. The molecule has 1 saturated heterocycles. The van der Waals surface area contributed by atoms with E-state index in [1.807, 2.05) is 13.8 Å². The minimum absolute atomic E-state index is 0.00864. The Hall–Kier alpha value is -3.38. The molecule has 0 bridgehead atoms. The molecule has 1 aromatic carbocycles. The van der Waals surface area contributed by atoms with Gasteiger partial charge in [0.15, 0.2) is 5.78 Å². The molecule has 2 rings (SSSR count). The molecular weight excluding hydrogens is 699 g/mol. The SMILES string of the molecule is CC(C)C[C@H](CC(=O)[C@H](Cc1ccc(O)cc1)NC(=O)[C@@H]1CSSC[C@H](N)C(=O)N[C@@H](CCCCN)C(=O)N[C@@H](CCCCN)C(=O)N1)C(=O)O. The number of benzene rings is 1.